The summed E-state index contributed by atoms with van der Waals surface area (Å²) in [5.41, 5.74) is 5.30. The van der Waals surface area contributed by atoms with E-state index in [1.807, 2.05) is 0 Å². The second-order valence-corrected chi connectivity index (χ2v) is 7.46. The van der Waals surface area contributed by atoms with Crippen LogP contribution in [0.4, 0.5) is 0 Å². The van der Waals surface area contributed by atoms with E-state index in [0.29, 0.717) is 18.4 Å². The summed E-state index contributed by atoms with van der Waals surface area (Å²) in [5.74, 6) is 1.35. The average Bonchev–Trinajstić information content (AvgIpc) is 3.10. The lowest BCUT2D eigenvalue weighted by molar-refractivity contribution is -0.118. The van der Waals surface area contributed by atoms with Crippen molar-refractivity contribution in [1.82, 2.24) is 25.1 Å². The third kappa shape index (κ3) is 4.12. The summed E-state index contributed by atoms with van der Waals surface area (Å²) >= 11 is 0. The van der Waals surface area contributed by atoms with Gasteiger partial charge >= 0.3 is 0 Å². The van der Waals surface area contributed by atoms with Crippen molar-refractivity contribution in [3.63, 3.8) is 0 Å². The van der Waals surface area contributed by atoms with Crippen LogP contribution in [0.1, 0.15) is 82.6 Å². The van der Waals surface area contributed by atoms with Gasteiger partial charge < -0.3 is 5.73 Å². The highest BCUT2D eigenvalue weighted by molar-refractivity contribution is 5.73. The van der Waals surface area contributed by atoms with Gasteiger partial charge in [-0.05, 0) is 61.9 Å². The topological polar surface area (TPSA) is 89.9 Å². The molecule has 134 valence electrons. The van der Waals surface area contributed by atoms with Crippen LogP contribution in [-0.2, 0) is 4.79 Å². The Balaban J connectivity index is 1.64. The number of nitrogens with zero attached hydrogens (tertiary/aromatic N) is 5. The SMILES string of the molecule is C[C@@H](c1nnnn1C1CCCCC1)N1CCC[C@@H](CCC(N)=O)C1. The Labute approximate surface area is 144 Å². The fraction of sp³-hybridized carbons (Fsp3) is 0.882. The molecule has 2 aliphatic rings. The van der Waals surface area contributed by atoms with Crippen molar-refractivity contribution in [3.8, 4) is 0 Å². The van der Waals surface area contributed by atoms with Gasteiger partial charge in [0.05, 0.1) is 12.1 Å². The molecular weight excluding hydrogens is 304 g/mol. The minimum atomic E-state index is -0.193. The van der Waals surface area contributed by atoms with Gasteiger partial charge in [0.15, 0.2) is 5.82 Å². The van der Waals surface area contributed by atoms with Crippen LogP contribution >= 0.6 is 0 Å². The van der Waals surface area contributed by atoms with E-state index in [-0.39, 0.29) is 11.9 Å². The van der Waals surface area contributed by atoms with E-state index in [1.165, 1.54) is 44.9 Å². The van der Waals surface area contributed by atoms with Crippen LogP contribution in [0.2, 0.25) is 0 Å². The molecule has 1 saturated heterocycles. The van der Waals surface area contributed by atoms with E-state index < -0.39 is 0 Å². The third-order valence-corrected chi connectivity index (χ3v) is 5.71. The zero-order valence-electron chi connectivity index (χ0n) is 14.7. The van der Waals surface area contributed by atoms with Gasteiger partial charge in [-0.15, -0.1) is 5.10 Å². The normalized spacial score (nSPS) is 24.8. The summed E-state index contributed by atoms with van der Waals surface area (Å²) in [6.07, 6.45) is 9.99. The standard InChI is InChI=1S/C17H30N6O/c1-13(22-11-5-6-14(12-22)9-10-16(18)24)17-19-20-21-23(17)15-7-3-2-4-8-15/h13-15H,2-12H2,1H3,(H2,18,24)/t13-,14-/m0/s1. The maximum atomic E-state index is 11.0. The van der Waals surface area contributed by atoms with Gasteiger partial charge in [0, 0.05) is 13.0 Å². The first kappa shape index (κ1) is 17.3. The molecule has 7 nitrogen and oxygen atoms in total. The Kier molecular flexibility index (Phi) is 5.81. The molecule has 2 fully saturated rings. The summed E-state index contributed by atoms with van der Waals surface area (Å²) in [7, 11) is 0. The number of hydrogen-bond acceptors (Lipinski definition) is 5. The number of primary amides is 1. The van der Waals surface area contributed by atoms with Crippen LogP contribution in [0.25, 0.3) is 0 Å². The van der Waals surface area contributed by atoms with E-state index >= 15 is 0 Å². The predicted octanol–water partition coefficient (Wildman–Crippen LogP) is 2.22. The van der Waals surface area contributed by atoms with Gasteiger partial charge in [0.1, 0.15) is 0 Å². The lowest BCUT2D eigenvalue weighted by Crippen LogP contribution is -2.39. The number of tetrazole rings is 1. The molecule has 7 heteroatoms. The number of aromatic nitrogens is 4. The summed E-state index contributed by atoms with van der Waals surface area (Å²) < 4.78 is 2.08. The van der Waals surface area contributed by atoms with Crippen LogP contribution in [-0.4, -0.2) is 44.1 Å². The Morgan fingerprint density at radius 3 is 2.79 bits per heavy atom. The zero-order chi connectivity index (χ0) is 16.9. The van der Waals surface area contributed by atoms with Gasteiger partial charge in [-0.25, -0.2) is 4.68 Å². The van der Waals surface area contributed by atoms with Crippen molar-refractivity contribution in [1.29, 1.82) is 0 Å². The molecule has 1 aliphatic carbocycles. The summed E-state index contributed by atoms with van der Waals surface area (Å²) in [4.78, 5) is 13.5. The molecule has 1 amide bonds. The zero-order valence-corrected chi connectivity index (χ0v) is 14.7. The van der Waals surface area contributed by atoms with Crippen molar-refractivity contribution in [3.05, 3.63) is 5.82 Å². The third-order valence-electron chi connectivity index (χ3n) is 5.71. The first-order valence-corrected chi connectivity index (χ1v) is 9.45. The van der Waals surface area contributed by atoms with Crippen LogP contribution in [0.3, 0.4) is 0 Å². The van der Waals surface area contributed by atoms with E-state index in [4.69, 9.17) is 5.73 Å². The van der Waals surface area contributed by atoms with Crippen molar-refractivity contribution in [2.24, 2.45) is 11.7 Å². The minimum absolute atomic E-state index is 0.193. The fourth-order valence-electron chi connectivity index (χ4n) is 4.26. The van der Waals surface area contributed by atoms with Gasteiger partial charge in [0.2, 0.25) is 5.91 Å². The number of nitrogens with two attached hydrogens (primary N) is 1. The molecule has 0 spiro atoms. The molecule has 2 heterocycles. The smallest absolute Gasteiger partial charge is 0.217 e. The fourth-order valence-corrected chi connectivity index (χ4v) is 4.26. The minimum Gasteiger partial charge on any atom is -0.370 e. The molecule has 1 aromatic rings. The maximum Gasteiger partial charge on any atom is 0.217 e. The number of carbonyl (C=O) groups excluding carboxylic acids is 1. The molecule has 1 aromatic heterocycles. The van der Waals surface area contributed by atoms with Gasteiger partial charge in [0.25, 0.3) is 0 Å². The molecule has 0 bridgehead atoms. The van der Waals surface area contributed by atoms with Gasteiger partial charge in [-0.2, -0.15) is 0 Å². The van der Waals surface area contributed by atoms with E-state index in [1.54, 1.807) is 0 Å². The number of hydrogen-bond donors (Lipinski definition) is 1. The molecule has 0 unspecified atom stereocenters. The second-order valence-electron chi connectivity index (χ2n) is 7.46. The van der Waals surface area contributed by atoms with Crippen molar-refractivity contribution < 1.29 is 4.79 Å². The lowest BCUT2D eigenvalue weighted by Gasteiger charge is -2.36. The van der Waals surface area contributed by atoms with Crippen molar-refractivity contribution >= 4 is 5.91 Å². The molecular formula is C17H30N6O. The van der Waals surface area contributed by atoms with Crippen molar-refractivity contribution in [2.45, 2.75) is 76.8 Å². The van der Waals surface area contributed by atoms with E-state index in [2.05, 4.69) is 32.0 Å². The highest BCUT2D eigenvalue weighted by Crippen LogP contribution is 2.32. The van der Waals surface area contributed by atoms with E-state index in [0.717, 1.165) is 25.3 Å². The van der Waals surface area contributed by atoms with Crippen LogP contribution in [0.15, 0.2) is 0 Å². The van der Waals surface area contributed by atoms with Crippen LogP contribution < -0.4 is 5.73 Å². The first-order chi connectivity index (χ1) is 11.6. The van der Waals surface area contributed by atoms with E-state index in [9.17, 15) is 4.79 Å². The maximum absolute atomic E-state index is 11.0. The Morgan fingerprint density at radius 2 is 2.04 bits per heavy atom. The molecule has 3 rings (SSSR count). The number of carbonyl (C=O) groups is 1. The Morgan fingerprint density at radius 1 is 1.25 bits per heavy atom. The highest BCUT2D eigenvalue weighted by atomic mass is 16.1. The van der Waals surface area contributed by atoms with Crippen LogP contribution in [0, 0.1) is 5.92 Å². The largest absolute Gasteiger partial charge is 0.370 e. The van der Waals surface area contributed by atoms with Gasteiger partial charge in [-0.3, -0.25) is 9.69 Å². The predicted molar refractivity (Wildman–Crippen MR) is 91.1 cm³/mol. The molecule has 0 radical (unpaired) electrons. The Hall–Kier alpha value is -1.50. The monoisotopic (exact) mass is 334 g/mol. The number of likely N-dealkylation sites (tertiary alicyclic amines) is 1. The Bertz CT molecular complexity index is 539. The lowest BCUT2D eigenvalue weighted by atomic mass is 9.92. The average molecular weight is 334 g/mol. The highest BCUT2D eigenvalue weighted by Gasteiger charge is 2.29. The summed E-state index contributed by atoms with van der Waals surface area (Å²) in [5, 5.41) is 12.6. The molecule has 2 atom stereocenters. The summed E-state index contributed by atoms with van der Waals surface area (Å²) in [6.45, 7) is 4.29. The molecule has 1 aliphatic heterocycles. The number of amides is 1. The first-order valence-electron chi connectivity index (χ1n) is 9.45. The molecule has 2 N–H and O–H groups in total. The van der Waals surface area contributed by atoms with Crippen LogP contribution in [0.5, 0.6) is 0 Å². The van der Waals surface area contributed by atoms with Crippen molar-refractivity contribution in [2.75, 3.05) is 13.1 Å². The van der Waals surface area contributed by atoms with Gasteiger partial charge in [-0.1, -0.05) is 19.3 Å². The number of rotatable bonds is 6. The molecule has 24 heavy (non-hydrogen) atoms. The summed E-state index contributed by atoms with van der Waals surface area (Å²) in [6, 6.07) is 0.681. The molecule has 1 saturated carbocycles. The molecule has 0 aromatic carbocycles. The quantitative estimate of drug-likeness (QED) is 0.861. The second kappa shape index (κ2) is 8.05. The number of piperidine rings is 1.